The van der Waals surface area contributed by atoms with E-state index in [0.717, 1.165) is 15.5 Å². The Morgan fingerprint density at radius 2 is 2.14 bits per heavy atom. The Hall–Kier alpha value is -1.10. The van der Waals surface area contributed by atoms with Gasteiger partial charge in [0.1, 0.15) is 0 Å². The van der Waals surface area contributed by atoms with E-state index in [1.807, 2.05) is 6.07 Å². The summed E-state index contributed by atoms with van der Waals surface area (Å²) in [6.07, 6.45) is 2.46. The number of hydrogen-bond donors (Lipinski definition) is 1. The largest absolute Gasteiger partial charge is 0.480 e. The predicted octanol–water partition coefficient (Wildman–Crippen LogP) is 1.15. The summed E-state index contributed by atoms with van der Waals surface area (Å²) in [6.45, 7) is 1.61. The lowest BCUT2D eigenvalue weighted by atomic mass is 10.1. The maximum Gasteiger partial charge on any atom is 0.328 e. The van der Waals surface area contributed by atoms with Crippen molar-refractivity contribution < 1.29 is 23.1 Å². The number of carboxylic acids is 1. The van der Waals surface area contributed by atoms with E-state index in [1.165, 1.54) is 16.4 Å². The van der Waals surface area contributed by atoms with Crippen LogP contribution in [0.4, 0.5) is 4.79 Å². The predicted molar refractivity (Wildman–Crippen MR) is 83.9 cm³/mol. The molecule has 2 rings (SSSR count). The van der Waals surface area contributed by atoms with E-state index in [0.29, 0.717) is 6.54 Å². The molecule has 0 saturated carbocycles. The number of nitrogens with zero attached hydrogens (tertiary/aromatic N) is 2. The summed E-state index contributed by atoms with van der Waals surface area (Å²) in [4.78, 5) is 24.9. The summed E-state index contributed by atoms with van der Waals surface area (Å²) in [6, 6.07) is 1.61. The molecular weight excluding hydrogens is 411 g/mol. The number of amides is 1. The maximum absolute atomic E-state index is 12.1. The monoisotopic (exact) mass is 426 g/mol. The fourth-order valence-corrected chi connectivity index (χ4v) is 3.58. The van der Waals surface area contributed by atoms with Gasteiger partial charge in [-0.2, -0.15) is 0 Å². The number of carbonyl (C=O) groups excluding carboxylic acids is 1. The van der Waals surface area contributed by atoms with Crippen molar-refractivity contribution in [2.24, 2.45) is 0 Å². The van der Waals surface area contributed by atoms with Gasteiger partial charge in [-0.05, 0) is 42.0 Å². The highest BCUT2D eigenvalue weighted by Gasteiger charge is 2.44. The fraction of sp³-hybridized carbons (Fsp3) is 0.500. The molecule has 0 spiro atoms. The molecule has 0 saturated heterocycles. The zero-order chi connectivity index (χ0) is 16.0. The van der Waals surface area contributed by atoms with Crippen LogP contribution in [0.3, 0.4) is 0 Å². The van der Waals surface area contributed by atoms with Gasteiger partial charge in [0.2, 0.25) is 0 Å². The van der Waals surface area contributed by atoms with E-state index in [-0.39, 0.29) is 19.0 Å². The zero-order valence-electron chi connectivity index (χ0n) is 11.5. The first-order valence-corrected chi connectivity index (χ1v) is 9.12. The highest BCUT2D eigenvalue weighted by Crippen LogP contribution is 2.25. The quantitative estimate of drug-likeness (QED) is 0.713. The van der Waals surface area contributed by atoms with E-state index >= 15 is 0 Å². The van der Waals surface area contributed by atoms with Gasteiger partial charge in [-0.3, -0.25) is 9.36 Å². The Bertz CT molecular complexity index is 711. The molecule has 21 heavy (non-hydrogen) atoms. The maximum atomic E-state index is 12.1. The van der Waals surface area contributed by atoms with Gasteiger partial charge in [0.05, 0.1) is 6.54 Å². The first-order valence-electron chi connectivity index (χ1n) is 6.15. The average molecular weight is 426 g/mol. The Labute approximate surface area is 136 Å². The molecular formula is C12H15IN2O5S. The van der Waals surface area contributed by atoms with Crippen LogP contribution in [0.1, 0.15) is 19.0 Å². The minimum Gasteiger partial charge on any atom is -0.480 e. The van der Waals surface area contributed by atoms with Crippen molar-refractivity contribution in [2.45, 2.75) is 24.6 Å². The molecule has 1 aromatic heterocycles. The first-order chi connectivity index (χ1) is 9.56. The number of rotatable bonds is 5. The van der Waals surface area contributed by atoms with Gasteiger partial charge in [0.15, 0.2) is 14.6 Å². The van der Waals surface area contributed by atoms with Crippen LogP contribution in [-0.2, 0) is 21.2 Å². The standard InChI is InChI=1S/C12H15IN2O5S/c1-12(10(16)17,21(2,19)20)3-4-14-7-9-5-8(13)6-15(9)11(14)18/h5-6H,3-4,7H2,1-2H3,(H,16,17)/t12-/m1/s1. The summed E-state index contributed by atoms with van der Waals surface area (Å²) in [5.41, 5.74) is 0.820. The molecule has 1 N–H and O–H groups in total. The van der Waals surface area contributed by atoms with Crippen LogP contribution >= 0.6 is 22.6 Å². The molecule has 7 nitrogen and oxygen atoms in total. The van der Waals surface area contributed by atoms with Gasteiger partial charge in [-0.25, -0.2) is 13.2 Å². The number of sulfone groups is 1. The number of carbonyl (C=O) groups is 2. The van der Waals surface area contributed by atoms with Crippen LogP contribution in [0, 0.1) is 3.57 Å². The average Bonchev–Trinajstić information content (AvgIpc) is 2.83. The van der Waals surface area contributed by atoms with E-state index in [1.54, 1.807) is 6.20 Å². The van der Waals surface area contributed by atoms with Crippen LogP contribution in [0.5, 0.6) is 0 Å². The van der Waals surface area contributed by atoms with E-state index in [4.69, 9.17) is 0 Å². The smallest absolute Gasteiger partial charge is 0.328 e. The molecule has 1 atom stereocenters. The third-order valence-electron chi connectivity index (χ3n) is 3.83. The third kappa shape index (κ3) is 2.80. The summed E-state index contributed by atoms with van der Waals surface area (Å²) in [5, 5.41) is 9.19. The molecule has 9 heteroatoms. The lowest BCUT2D eigenvalue weighted by Crippen LogP contribution is -2.45. The summed E-state index contributed by atoms with van der Waals surface area (Å²) in [7, 11) is -3.78. The second kappa shape index (κ2) is 5.27. The van der Waals surface area contributed by atoms with Crippen LogP contribution in [0.25, 0.3) is 0 Å². The van der Waals surface area contributed by atoms with Gasteiger partial charge in [0, 0.05) is 28.3 Å². The van der Waals surface area contributed by atoms with Crippen LogP contribution in [-0.4, -0.2) is 52.5 Å². The summed E-state index contributed by atoms with van der Waals surface area (Å²) < 4.78 is 24.0. The molecule has 1 aromatic rings. The van der Waals surface area contributed by atoms with Crippen molar-refractivity contribution in [3.8, 4) is 0 Å². The lowest BCUT2D eigenvalue weighted by molar-refractivity contribution is -0.139. The number of carboxylic acid groups (broad SMARTS) is 1. The van der Waals surface area contributed by atoms with Gasteiger partial charge < -0.3 is 10.0 Å². The minimum atomic E-state index is -3.78. The first kappa shape index (κ1) is 16.3. The molecule has 1 aliphatic rings. The summed E-state index contributed by atoms with van der Waals surface area (Å²) >= 11 is 2.11. The third-order valence-corrected chi connectivity index (χ3v) is 6.43. The molecule has 0 radical (unpaired) electrons. The van der Waals surface area contributed by atoms with Crippen molar-refractivity contribution in [3.05, 3.63) is 21.5 Å². The van der Waals surface area contributed by atoms with Crippen molar-refractivity contribution in [2.75, 3.05) is 12.8 Å². The molecule has 1 aliphatic heterocycles. The van der Waals surface area contributed by atoms with Gasteiger partial charge in [0.25, 0.3) is 0 Å². The van der Waals surface area contributed by atoms with Crippen LogP contribution in [0.2, 0.25) is 0 Å². The highest BCUT2D eigenvalue weighted by molar-refractivity contribution is 14.1. The van der Waals surface area contributed by atoms with Crippen molar-refractivity contribution >= 4 is 44.4 Å². The Morgan fingerprint density at radius 1 is 1.52 bits per heavy atom. The number of aliphatic carboxylic acids is 1. The molecule has 2 heterocycles. The van der Waals surface area contributed by atoms with Crippen LogP contribution in [0.15, 0.2) is 12.3 Å². The molecule has 0 bridgehead atoms. The van der Waals surface area contributed by atoms with Gasteiger partial charge in [-0.1, -0.05) is 0 Å². The van der Waals surface area contributed by atoms with Gasteiger partial charge in [-0.15, -0.1) is 0 Å². The molecule has 0 unspecified atom stereocenters. The van der Waals surface area contributed by atoms with Crippen molar-refractivity contribution in [1.82, 2.24) is 9.47 Å². The fourth-order valence-electron chi connectivity index (χ4n) is 2.16. The highest BCUT2D eigenvalue weighted by atomic mass is 127. The molecule has 0 aliphatic carbocycles. The van der Waals surface area contributed by atoms with E-state index in [9.17, 15) is 23.1 Å². The Kier molecular flexibility index (Phi) is 4.08. The molecule has 116 valence electrons. The molecule has 0 fully saturated rings. The van der Waals surface area contributed by atoms with Crippen molar-refractivity contribution in [3.63, 3.8) is 0 Å². The topological polar surface area (TPSA) is 96.7 Å². The Morgan fingerprint density at radius 3 is 2.62 bits per heavy atom. The number of hydrogen-bond acceptors (Lipinski definition) is 4. The Balaban J connectivity index is 2.13. The minimum absolute atomic E-state index is 0.0764. The van der Waals surface area contributed by atoms with Crippen LogP contribution < -0.4 is 0 Å². The number of fused-ring (bicyclic) bond motifs is 1. The second-order valence-electron chi connectivity index (χ2n) is 5.28. The zero-order valence-corrected chi connectivity index (χ0v) is 14.5. The lowest BCUT2D eigenvalue weighted by Gasteiger charge is -2.25. The molecule has 0 aromatic carbocycles. The normalized spacial score (nSPS) is 17.7. The van der Waals surface area contributed by atoms with E-state index in [2.05, 4.69) is 22.6 Å². The summed E-state index contributed by atoms with van der Waals surface area (Å²) in [5.74, 6) is -1.40. The van der Waals surface area contributed by atoms with Crippen molar-refractivity contribution in [1.29, 1.82) is 0 Å². The second-order valence-corrected chi connectivity index (χ2v) is 8.97. The number of aromatic nitrogens is 1. The SMILES string of the molecule is C[C@@](CCN1Cc2cc(I)cn2C1=O)(C(=O)O)S(C)(=O)=O. The number of halogens is 1. The van der Waals surface area contributed by atoms with Gasteiger partial charge >= 0.3 is 12.0 Å². The molecule has 1 amide bonds. The van der Waals surface area contributed by atoms with E-state index < -0.39 is 20.6 Å².